The topological polar surface area (TPSA) is 70.6 Å². The van der Waals surface area contributed by atoms with Crippen LogP contribution in [-0.4, -0.2) is 34.7 Å². The molecule has 0 bridgehead atoms. The van der Waals surface area contributed by atoms with Crippen molar-refractivity contribution >= 4 is 23.3 Å². The van der Waals surface area contributed by atoms with E-state index in [-0.39, 0.29) is 12.2 Å². The van der Waals surface area contributed by atoms with Gasteiger partial charge in [-0.05, 0) is 36.8 Å². The number of ether oxygens (including phenoxy) is 1. The summed E-state index contributed by atoms with van der Waals surface area (Å²) in [5.74, 6) is -4.14. The Hall–Kier alpha value is -1.94. The van der Waals surface area contributed by atoms with Crippen LogP contribution in [0.5, 0.6) is 0 Å². The van der Waals surface area contributed by atoms with Gasteiger partial charge < -0.3 is 20.5 Å². The van der Waals surface area contributed by atoms with Gasteiger partial charge in [-0.3, -0.25) is 4.79 Å². The first-order valence-corrected chi connectivity index (χ1v) is 7.31. The molecule has 132 valence electrons. The molecule has 1 aromatic carbocycles. The molecule has 0 amide bonds. The van der Waals surface area contributed by atoms with E-state index in [1.54, 1.807) is 5.32 Å². The molecule has 1 aliphatic rings. The second kappa shape index (κ2) is 6.52. The van der Waals surface area contributed by atoms with Crippen molar-refractivity contribution in [2.45, 2.75) is 24.9 Å². The van der Waals surface area contributed by atoms with E-state index in [0.29, 0.717) is 0 Å². The Morgan fingerprint density at radius 3 is 2.67 bits per heavy atom. The minimum Gasteiger partial charge on any atom is -0.466 e. The number of nitrogens with one attached hydrogen (secondary N) is 2. The lowest BCUT2D eigenvalue weighted by molar-refractivity contribution is -0.292. The van der Waals surface area contributed by atoms with Crippen molar-refractivity contribution in [2.75, 3.05) is 6.61 Å². The number of thiocarbonyl (C=S) groups is 1. The molecule has 24 heavy (non-hydrogen) atoms. The van der Waals surface area contributed by atoms with Gasteiger partial charge in [0.1, 0.15) is 11.7 Å². The Labute approximate surface area is 140 Å². The standard InChI is InChI=1S/C14H14F4N2O3S/c1-2-23-11(21)9-10(7-4-3-5-8(15)6-7)19-12(24)20-13(9,22)14(16,17)18/h3-6,9-10,22H,2H2,1H3,(H2,19,20,24)/t9-,10+,13+/m1/s1. The number of hydrogen-bond acceptors (Lipinski definition) is 4. The quantitative estimate of drug-likeness (QED) is 0.430. The summed E-state index contributed by atoms with van der Waals surface area (Å²) in [5.41, 5.74) is -3.64. The minimum atomic E-state index is -5.23. The van der Waals surface area contributed by atoms with Crippen LogP contribution >= 0.6 is 12.2 Å². The Bertz CT molecular complexity index is 655. The fourth-order valence-corrected chi connectivity index (χ4v) is 2.80. The Kier molecular flexibility index (Phi) is 5.00. The zero-order chi connectivity index (χ0) is 18.1. The third kappa shape index (κ3) is 3.29. The predicted octanol–water partition coefficient (Wildman–Crippen LogP) is 1.77. The fraction of sp³-hybridized carbons (Fsp3) is 0.429. The summed E-state index contributed by atoms with van der Waals surface area (Å²) in [5, 5.41) is 13.8. The van der Waals surface area contributed by atoms with Crippen molar-refractivity contribution in [1.29, 1.82) is 0 Å². The molecule has 10 heteroatoms. The summed E-state index contributed by atoms with van der Waals surface area (Å²) < 4.78 is 58.4. The van der Waals surface area contributed by atoms with Crippen LogP contribution in [0, 0.1) is 11.7 Å². The molecular weight excluding hydrogens is 352 g/mol. The molecule has 1 saturated heterocycles. The van der Waals surface area contributed by atoms with Gasteiger partial charge in [-0.15, -0.1) is 0 Å². The number of aliphatic hydroxyl groups is 1. The average molecular weight is 366 g/mol. The number of halogens is 4. The maximum absolute atomic E-state index is 13.4. The number of rotatable bonds is 3. The van der Waals surface area contributed by atoms with Gasteiger partial charge in [0.15, 0.2) is 5.11 Å². The second-order valence-electron chi connectivity index (χ2n) is 5.12. The molecule has 0 radical (unpaired) electrons. The van der Waals surface area contributed by atoms with Gasteiger partial charge in [0, 0.05) is 0 Å². The molecule has 0 spiro atoms. The Balaban J connectivity index is 2.57. The molecule has 0 unspecified atom stereocenters. The molecule has 1 aromatic rings. The van der Waals surface area contributed by atoms with E-state index in [1.807, 2.05) is 0 Å². The molecule has 1 fully saturated rings. The molecule has 2 rings (SSSR count). The van der Waals surface area contributed by atoms with Gasteiger partial charge in [0.25, 0.3) is 5.72 Å². The molecule has 3 N–H and O–H groups in total. The lowest BCUT2D eigenvalue weighted by atomic mass is 9.82. The first-order chi connectivity index (χ1) is 11.1. The van der Waals surface area contributed by atoms with Crippen LogP contribution in [0.25, 0.3) is 0 Å². The highest BCUT2D eigenvalue weighted by Crippen LogP contribution is 2.43. The van der Waals surface area contributed by atoms with Gasteiger partial charge in [-0.2, -0.15) is 13.2 Å². The van der Waals surface area contributed by atoms with Crippen LogP contribution in [0.2, 0.25) is 0 Å². The average Bonchev–Trinajstić information content (AvgIpc) is 2.45. The second-order valence-corrected chi connectivity index (χ2v) is 5.53. The lowest BCUT2D eigenvalue weighted by Crippen LogP contribution is -2.73. The zero-order valence-electron chi connectivity index (χ0n) is 12.4. The monoisotopic (exact) mass is 366 g/mol. The van der Waals surface area contributed by atoms with Gasteiger partial charge in [-0.25, -0.2) is 4.39 Å². The molecule has 0 saturated carbocycles. The molecule has 1 aliphatic heterocycles. The normalized spacial score (nSPS) is 27.2. The maximum atomic E-state index is 13.4. The van der Waals surface area contributed by atoms with Crippen molar-refractivity contribution in [1.82, 2.24) is 10.6 Å². The molecular formula is C14H14F4N2O3S. The smallest absolute Gasteiger partial charge is 0.437 e. The van der Waals surface area contributed by atoms with Crippen LogP contribution in [0.4, 0.5) is 17.6 Å². The minimum absolute atomic E-state index is 0.0135. The number of alkyl halides is 3. The highest BCUT2D eigenvalue weighted by Gasteiger charge is 2.66. The number of carbonyl (C=O) groups excluding carboxylic acids is 1. The maximum Gasteiger partial charge on any atom is 0.437 e. The van der Waals surface area contributed by atoms with Gasteiger partial charge in [0.2, 0.25) is 0 Å². The van der Waals surface area contributed by atoms with Crippen molar-refractivity contribution < 1.29 is 32.2 Å². The summed E-state index contributed by atoms with van der Waals surface area (Å²) in [6, 6.07) is 3.21. The van der Waals surface area contributed by atoms with Crippen LogP contribution in [-0.2, 0) is 9.53 Å². The molecule has 1 heterocycles. The van der Waals surface area contributed by atoms with Crippen molar-refractivity contribution in [2.24, 2.45) is 5.92 Å². The predicted molar refractivity (Wildman–Crippen MR) is 79.1 cm³/mol. The SMILES string of the molecule is CCOC(=O)[C@H]1[C@H](c2cccc(F)c2)NC(=S)N[C@@]1(O)C(F)(F)F. The van der Waals surface area contributed by atoms with E-state index in [9.17, 15) is 27.5 Å². The fourth-order valence-electron chi connectivity index (χ4n) is 2.51. The van der Waals surface area contributed by atoms with E-state index >= 15 is 0 Å². The van der Waals surface area contributed by atoms with E-state index < -0.39 is 40.8 Å². The first-order valence-electron chi connectivity index (χ1n) is 6.90. The van der Waals surface area contributed by atoms with Crippen molar-refractivity contribution in [3.8, 4) is 0 Å². The number of benzene rings is 1. The highest BCUT2D eigenvalue weighted by atomic mass is 32.1. The number of hydrogen-bond donors (Lipinski definition) is 3. The van der Waals surface area contributed by atoms with E-state index in [4.69, 9.17) is 12.2 Å². The van der Waals surface area contributed by atoms with E-state index in [1.165, 1.54) is 19.1 Å². The van der Waals surface area contributed by atoms with Crippen LogP contribution in [0.1, 0.15) is 18.5 Å². The molecule has 0 aromatic heterocycles. The molecule has 5 nitrogen and oxygen atoms in total. The third-order valence-corrected chi connectivity index (χ3v) is 3.77. The Morgan fingerprint density at radius 2 is 2.12 bits per heavy atom. The highest BCUT2D eigenvalue weighted by molar-refractivity contribution is 7.80. The van der Waals surface area contributed by atoms with Gasteiger partial charge in [-0.1, -0.05) is 12.1 Å². The van der Waals surface area contributed by atoms with Crippen molar-refractivity contribution in [3.63, 3.8) is 0 Å². The summed E-state index contributed by atoms with van der Waals surface area (Å²) in [7, 11) is 0. The van der Waals surface area contributed by atoms with Crippen LogP contribution < -0.4 is 10.6 Å². The first kappa shape index (κ1) is 18.4. The molecule has 0 aliphatic carbocycles. The summed E-state index contributed by atoms with van der Waals surface area (Å²) >= 11 is 4.71. The van der Waals surface area contributed by atoms with Crippen molar-refractivity contribution in [3.05, 3.63) is 35.6 Å². The Morgan fingerprint density at radius 1 is 1.46 bits per heavy atom. The number of esters is 1. The lowest BCUT2D eigenvalue weighted by Gasteiger charge is -2.45. The third-order valence-electron chi connectivity index (χ3n) is 3.55. The van der Waals surface area contributed by atoms with Crippen LogP contribution in [0.15, 0.2) is 24.3 Å². The largest absolute Gasteiger partial charge is 0.466 e. The molecule has 3 atom stereocenters. The zero-order valence-corrected chi connectivity index (χ0v) is 13.2. The summed E-state index contributed by atoms with van der Waals surface area (Å²) in [6.45, 7) is 1.22. The van der Waals surface area contributed by atoms with E-state index in [2.05, 4.69) is 10.1 Å². The van der Waals surface area contributed by atoms with E-state index in [0.717, 1.165) is 12.1 Å². The number of carbonyl (C=O) groups is 1. The van der Waals surface area contributed by atoms with Gasteiger partial charge >= 0.3 is 12.1 Å². The van der Waals surface area contributed by atoms with Gasteiger partial charge in [0.05, 0.1) is 12.6 Å². The van der Waals surface area contributed by atoms with Crippen LogP contribution in [0.3, 0.4) is 0 Å². The summed E-state index contributed by atoms with van der Waals surface area (Å²) in [6.07, 6.45) is -5.23. The summed E-state index contributed by atoms with van der Waals surface area (Å²) in [4.78, 5) is 12.1.